The van der Waals surface area contributed by atoms with Gasteiger partial charge in [0.1, 0.15) is 6.04 Å². The van der Waals surface area contributed by atoms with Gasteiger partial charge in [-0.3, -0.25) is 9.59 Å². The fraction of sp³-hybridized carbons (Fsp3) is 0.500. The highest BCUT2D eigenvalue weighted by molar-refractivity contribution is 5.75. The van der Waals surface area contributed by atoms with E-state index in [4.69, 9.17) is 22.4 Å². The minimum atomic E-state index is -1.22. The number of carbonyl (C=O) groups is 2. The van der Waals surface area contributed by atoms with Crippen LogP contribution in [0.25, 0.3) is 0 Å². The zero-order chi connectivity index (χ0) is 10.4. The van der Waals surface area contributed by atoms with Crippen LogP contribution in [0.4, 0.5) is 0 Å². The van der Waals surface area contributed by atoms with Crippen LogP contribution in [-0.2, 0) is 9.59 Å². The van der Waals surface area contributed by atoms with Crippen molar-refractivity contribution in [3.63, 3.8) is 0 Å². The average Bonchev–Trinajstić information content (AvgIpc) is 2.03. The van der Waals surface area contributed by atoms with Gasteiger partial charge in [-0.25, -0.2) is 0 Å². The summed E-state index contributed by atoms with van der Waals surface area (Å²) in [4.78, 5) is 20.8. The number of nitrogens with two attached hydrogens (primary N) is 1. The van der Waals surface area contributed by atoms with Gasteiger partial charge in [0.2, 0.25) is 0 Å². The predicted molar refractivity (Wildman–Crippen MR) is 44.8 cm³/mol. The molecule has 0 unspecified atom stereocenters. The molecule has 0 fully saturated rings. The fourth-order valence-corrected chi connectivity index (χ4v) is 0.821. The van der Waals surface area contributed by atoms with Crippen LogP contribution < -0.4 is 5.73 Å². The van der Waals surface area contributed by atoms with Gasteiger partial charge in [-0.2, -0.15) is 0 Å². The van der Waals surface area contributed by atoms with Crippen molar-refractivity contribution >= 4 is 11.9 Å². The zero-order valence-corrected chi connectivity index (χ0v) is 6.93. The fourth-order valence-electron chi connectivity index (χ4n) is 0.821. The second-order valence-corrected chi connectivity index (χ2v) is 2.62. The molecule has 5 heteroatoms. The molecule has 13 heavy (non-hydrogen) atoms. The molecule has 0 amide bonds. The molecule has 0 aromatic rings. The second kappa shape index (κ2) is 5.17. The highest BCUT2D eigenvalue weighted by atomic mass is 16.4. The maximum atomic E-state index is 10.5. The molecular weight excluding hydrogens is 174 g/mol. The number of hydrogen-bond acceptors (Lipinski definition) is 3. The largest absolute Gasteiger partial charge is 0.481 e. The van der Waals surface area contributed by atoms with Gasteiger partial charge in [-0.1, -0.05) is 0 Å². The molecule has 0 saturated carbocycles. The first kappa shape index (κ1) is 11.5. The lowest BCUT2D eigenvalue weighted by Crippen LogP contribution is -2.34. The number of rotatable bonds is 5. The molecule has 0 aliphatic heterocycles. The Kier molecular flexibility index (Phi) is 4.55. The Morgan fingerprint density at radius 2 is 1.92 bits per heavy atom. The van der Waals surface area contributed by atoms with E-state index in [1.54, 1.807) is 0 Å². The molecule has 5 nitrogen and oxygen atoms in total. The van der Waals surface area contributed by atoms with E-state index >= 15 is 0 Å². The van der Waals surface area contributed by atoms with E-state index in [0.717, 1.165) is 0 Å². The van der Waals surface area contributed by atoms with Gasteiger partial charge in [0.15, 0.2) is 0 Å². The molecule has 0 bridgehead atoms. The van der Waals surface area contributed by atoms with Crippen molar-refractivity contribution in [1.82, 2.24) is 0 Å². The Balaban J connectivity index is 4.19. The third-order valence-corrected chi connectivity index (χ3v) is 1.57. The quantitative estimate of drug-likeness (QED) is 0.502. The Morgan fingerprint density at radius 1 is 1.38 bits per heavy atom. The number of aliphatic carboxylic acids is 2. The minimum absolute atomic E-state index is 0.00366. The molecule has 72 valence electrons. The molecule has 0 heterocycles. The monoisotopic (exact) mass is 185 g/mol. The first-order chi connectivity index (χ1) is 5.99. The predicted octanol–water partition coefficient (Wildman–Crippen LogP) is -0.487. The lowest BCUT2D eigenvalue weighted by Gasteiger charge is -2.11. The molecule has 0 radical (unpaired) electrons. The number of hydrogen-bond donors (Lipinski definition) is 3. The number of carboxylic acid groups (broad SMARTS) is 2. The van der Waals surface area contributed by atoms with E-state index in [9.17, 15) is 9.59 Å². The molecule has 0 aromatic carbocycles. The molecule has 0 aliphatic carbocycles. The molecule has 0 aromatic heterocycles. The Hall–Kier alpha value is -1.54. The average molecular weight is 185 g/mol. The summed E-state index contributed by atoms with van der Waals surface area (Å²) in [5.41, 5.74) is 5.15. The summed E-state index contributed by atoms with van der Waals surface area (Å²) < 4.78 is 0. The van der Waals surface area contributed by atoms with Gasteiger partial charge in [0.05, 0.1) is 5.92 Å². The van der Waals surface area contributed by atoms with Gasteiger partial charge in [-0.05, 0) is 6.42 Å². The molecule has 0 rings (SSSR count). The smallest absolute Gasteiger partial charge is 0.320 e. The van der Waals surface area contributed by atoms with Crippen molar-refractivity contribution in [3.8, 4) is 12.3 Å². The van der Waals surface area contributed by atoms with Crippen LogP contribution in [0.2, 0.25) is 0 Å². The summed E-state index contributed by atoms with van der Waals surface area (Å²) in [5.74, 6) is -1.05. The molecule has 0 saturated heterocycles. The van der Waals surface area contributed by atoms with Crippen LogP contribution in [0.5, 0.6) is 0 Å². The highest BCUT2D eigenvalue weighted by Crippen LogP contribution is 2.10. The number of terminal acetylenes is 1. The molecule has 0 aliphatic rings. The van der Waals surface area contributed by atoms with E-state index in [1.165, 1.54) is 0 Å². The maximum absolute atomic E-state index is 10.5. The summed E-state index contributed by atoms with van der Waals surface area (Å²) in [6, 6.07) is -1.17. The second-order valence-electron chi connectivity index (χ2n) is 2.62. The van der Waals surface area contributed by atoms with Crippen molar-refractivity contribution < 1.29 is 19.8 Å². The van der Waals surface area contributed by atoms with Gasteiger partial charge in [0, 0.05) is 6.42 Å². The third-order valence-electron chi connectivity index (χ3n) is 1.57. The lowest BCUT2D eigenvalue weighted by atomic mass is 9.97. The third kappa shape index (κ3) is 4.13. The van der Waals surface area contributed by atoms with Crippen LogP contribution in [0.15, 0.2) is 0 Å². The summed E-state index contributed by atoms with van der Waals surface area (Å²) in [7, 11) is 0. The van der Waals surface area contributed by atoms with E-state index in [-0.39, 0.29) is 12.8 Å². The zero-order valence-electron chi connectivity index (χ0n) is 6.93. The van der Waals surface area contributed by atoms with E-state index in [0.29, 0.717) is 0 Å². The normalized spacial score (nSPS) is 14.2. The van der Waals surface area contributed by atoms with Crippen molar-refractivity contribution in [2.75, 3.05) is 0 Å². The molecular formula is C8H11NO4. The van der Waals surface area contributed by atoms with Gasteiger partial charge >= 0.3 is 11.9 Å². The van der Waals surface area contributed by atoms with Crippen molar-refractivity contribution in [1.29, 1.82) is 0 Å². The van der Waals surface area contributed by atoms with Crippen LogP contribution in [0, 0.1) is 18.3 Å². The summed E-state index contributed by atoms with van der Waals surface area (Å²) in [6.07, 6.45) is 4.77. The first-order valence-corrected chi connectivity index (χ1v) is 3.63. The molecule has 0 spiro atoms. The van der Waals surface area contributed by atoms with Gasteiger partial charge in [0.25, 0.3) is 0 Å². The van der Waals surface area contributed by atoms with Crippen LogP contribution in [-0.4, -0.2) is 28.2 Å². The highest BCUT2D eigenvalue weighted by Gasteiger charge is 2.23. The van der Waals surface area contributed by atoms with Gasteiger partial charge in [-0.15, -0.1) is 12.3 Å². The summed E-state index contributed by atoms with van der Waals surface area (Å²) >= 11 is 0. The van der Waals surface area contributed by atoms with Crippen LogP contribution in [0.1, 0.15) is 12.8 Å². The van der Waals surface area contributed by atoms with E-state index in [2.05, 4.69) is 5.92 Å². The molecule has 4 N–H and O–H groups in total. The Labute approximate surface area is 75.5 Å². The topological polar surface area (TPSA) is 101 Å². The summed E-state index contributed by atoms with van der Waals surface area (Å²) in [6.45, 7) is 0. The molecule has 2 atom stereocenters. The van der Waals surface area contributed by atoms with E-state index < -0.39 is 23.9 Å². The first-order valence-electron chi connectivity index (χ1n) is 3.63. The lowest BCUT2D eigenvalue weighted by molar-refractivity contribution is -0.143. The van der Waals surface area contributed by atoms with Crippen LogP contribution in [0.3, 0.4) is 0 Å². The Bertz CT molecular complexity index is 243. The van der Waals surface area contributed by atoms with Crippen molar-refractivity contribution in [2.24, 2.45) is 11.7 Å². The maximum Gasteiger partial charge on any atom is 0.320 e. The van der Waals surface area contributed by atoms with Crippen molar-refractivity contribution in [3.05, 3.63) is 0 Å². The van der Waals surface area contributed by atoms with E-state index in [1.807, 2.05) is 0 Å². The SMILES string of the molecule is C#CC[C@H](C[C@H](N)C(=O)O)C(=O)O. The summed E-state index contributed by atoms with van der Waals surface area (Å²) in [5, 5.41) is 17.0. The standard InChI is InChI=1S/C8H11NO4/c1-2-3-5(7(10)11)4-6(9)8(12)13/h1,5-6H,3-4,9H2,(H,10,11)(H,12,13)/t5-,6+/m1/s1. The number of carboxylic acids is 2. The van der Waals surface area contributed by atoms with Crippen LogP contribution >= 0.6 is 0 Å². The minimum Gasteiger partial charge on any atom is -0.481 e. The van der Waals surface area contributed by atoms with Gasteiger partial charge < -0.3 is 15.9 Å². The Morgan fingerprint density at radius 3 is 2.23 bits per heavy atom. The van der Waals surface area contributed by atoms with Crippen molar-refractivity contribution in [2.45, 2.75) is 18.9 Å².